The van der Waals surface area contributed by atoms with E-state index >= 15 is 0 Å². The summed E-state index contributed by atoms with van der Waals surface area (Å²) in [6.07, 6.45) is 3.35. The van der Waals surface area contributed by atoms with E-state index in [0.29, 0.717) is 23.9 Å². The van der Waals surface area contributed by atoms with Gasteiger partial charge in [-0.1, -0.05) is 0 Å². The maximum absolute atomic E-state index is 11.9. The van der Waals surface area contributed by atoms with Gasteiger partial charge in [-0.05, 0) is 26.7 Å². The van der Waals surface area contributed by atoms with Gasteiger partial charge in [-0.15, -0.1) is 0 Å². The number of rotatable bonds is 3. The smallest absolute Gasteiger partial charge is 0.242 e. The van der Waals surface area contributed by atoms with Crippen molar-refractivity contribution in [2.24, 2.45) is 5.92 Å². The zero-order valence-corrected chi connectivity index (χ0v) is 12.4. The third kappa shape index (κ3) is 2.48. The van der Waals surface area contributed by atoms with Crippen LogP contribution < -0.4 is 20.7 Å². The van der Waals surface area contributed by atoms with Crippen molar-refractivity contribution in [2.75, 3.05) is 23.7 Å². The minimum absolute atomic E-state index is 0.00104. The molecule has 2 aliphatic rings. The summed E-state index contributed by atoms with van der Waals surface area (Å²) in [6, 6.07) is 0.121. The predicted octanol–water partition coefficient (Wildman–Crippen LogP) is 0.561. The van der Waals surface area contributed by atoms with E-state index in [-0.39, 0.29) is 24.0 Å². The van der Waals surface area contributed by atoms with Crippen LogP contribution >= 0.6 is 0 Å². The third-order valence-corrected chi connectivity index (χ3v) is 4.05. The van der Waals surface area contributed by atoms with E-state index in [1.165, 1.54) is 6.33 Å². The van der Waals surface area contributed by atoms with Gasteiger partial charge in [-0.25, -0.2) is 4.98 Å². The molecule has 2 atom stereocenters. The lowest BCUT2D eigenvalue weighted by Gasteiger charge is -2.37. The zero-order chi connectivity index (χ0) is 15.0. The summed E-state index contributed by atoms with van der Waals surface area (Å²) in [5.74, 6) is 1.25. The molecule has 1 aromatic heterocycles. The number of nitrogen functional groups attached to an aromatic ring is 1. The Bertz CT molecular complexity index is 548. The van der Waals surface area contributed by atoms with Gasteiger partial charge in [0.15, 0.2) is 5.82 Å². The number of carbonyl (C=O) groups excluding carboxylic acids is 1. The second-order valence-electron chi connectivity index (χ2n) is 5.84. The molecule has 114 valence electrons. The van der Waals surface area contributed by atoms with Crippen molar-refractivity contribution in [1.82, 2.24) is 15.3 Å². The van der Waals surface area contributed by atoms with Gasteiger partial charge in [0.1, 0.15) is 12.0 Å². The topological polar surface area (TPSA) is 93.4 Å². The molecule has 2 unspecified atom stereocenters. The number of nitrogens with two attached hydrogens (primary N) is 1. The van der Waals surface area contributed by atoms with Crippen LogP contribution in [0.4, 0.5) is 11.5 Å². The molecule has 3 rings (SSSR count). The van der Waals surface area contributed by atoms with Gasteiger partial charge < -0.3 is 20.7 Å². The van der Waals surface area contributed by atoms with E-state index in [4.69, 9.17) is 10.5 Å². The number of carbonyl (C=O) groups is 1. The van der Waals surface area contributed by atoms with Crippen molar-refractivity contribution in [3.8, 4) is 5.88 Å². The molecule has 2 saturated heterocycles. The van der Waals surface area contributed by atoms with Crippen molar-refractivity contribution in [1.29, 1.82) is 0 Å². The number of hydrogen-bond donors (Lipinski definition) is 2. The van der Waals surface area contributed by atoms with Crippen LogP contribution in [-0.2, 0) is 4.79 Å². The first kappa shape index (κ1) is 13.9. The van der Waals surface area contributed by atoms with Gasteiger partial charge in [0.05, 0.1) is 18.1 Å². The van der Waals surface area contributed by atoms with Crippen molar-refractivity contribution >= 4 is 17.4 Å². The number of piperidine rings is 1. The first-order valence-electron chi connectivity index (χ1n) is 7.39. The Labute approximate surface area is 123 Å². The lowest BCUT2D eigenvalue weighted by Crippen LogP contribution is -2.46. The van der Waals surface area contributed by atoms with Crippen LogP contribution in [0, 0.1) is 5.92 Å². The van der Waals surface area contributed by atoms with E-state index in [1.807, 2.05) is 13.8 Å². The fourth-order valence-electron chi connectivity index (χ4n) is 3.13. The van der Waals surface area contributed by atoms with Crippen LogP contribution in [0.15, 0.2) is 6.33 Å². The van der Waals surface area contributed by atoms with Crippen molar-refractivity contribution < 1.29 is 9.53 Å². The monoisotopic (exact) mass is 291 g/mol. The summed E-state index contributed by atoms with van der Waals surface area (Å²) in [5.41, 5.74) is 6.63. The molecule has 1 amide bonds. The van der Waals surface area contributed by atoms with Crippen LogP contribution in [0.2, 0.25) is 0 Å². The summed E-state index contributed by atoms with van der Waals surface area (Å²) in [6.45, 7) is 5.35. The van der Waals surface area contributed by atoms with Crippen LogP contribution in [0.1, 0.15) is 26.7 Å². The van der Waals surface area contributed by atoms with Crippen molar-refractivity contribution in [2.45, 2.75) is 38.8 Å². The van der Waals surface area contributed by atoms with Crippen LogP contribution in [0.5, 0.6) is 5.88 Å². The van der Waals surface area contributed by atoms with E-state index in [9.17, 15) is 4.79 Å². The molecule has 21 heavy (non-hydrogen) atoms. The summed E-state index contributed by atoms with van der Waals surface area (Å²) in [5, 5.41) is 2.93. The number of nitrogens with zero attached hydrogens (tertiary/aromatic N) is 3. The number of amides is 1. The molecule has 7 heteroatoms. The minimum atomic E-state index is -0.00104. The molecule has 2 aliphatic heterocycles. The molecule has 3 N–H and O–H groups in total. The first-order chi connectivity index (χ1) is 10.1. The van der Waals surface area contributed by atoms with Gasteiger partial charge >= 0.3 is 0 Å². The van der Waals surface area contributed by atoms with Crippen LogP contribution in [-0.4, -0.2) is 41.1 Å². The number of hydrogen-bond acceptors (Lipinski definition) is 6. The lowest BCUT2D eigenvalue weighted by molar-refractivity contribution is -0.122. The summed E-state index contributed by atoms with van der Waals surface area (Å²) in [4.78, 5) is 22.4. The Kier molecular flexibility index (Phi) is 3.57. The molecule has 0 saturated carbocycles. The maximum Gasteiger partial charge on any atom is 0.242 e. The number of anilines is 2. The largest absolute Gasteiger partial charge is 0.473 e. The highest BCUT2D eigenvalue weighted by Gasteiger charge is 2.42. The quantitative estimate of drug-likeness (QED) is 0.845. The average Bonchev–Trinajstić information content (AvgIpc) is 2.83. The molecular formula is C14H21N5O2. The van der Waals surface area contributed by atoms with Crippen LogP contribution in [0.25, 0.3) is 0 Å². The maximum atomic E-state index is 11.9. The fraction of sp³-hybridized carbons (Fsp3) is 0.643. The first-order valence-corrected chi connectivity index (χ1v) is 7.39. The second kappa shape index (κ2) is 5.38. The van der Waals surface area contributed by atoms with E-state index in [1.54, 1.807) is 0 Å². The molecule has 0 bridgehead atoms. The van der Waals surface area contributed by atoms with E-state index in [2.05, 4.69) is 20.2 Å². The van der Waals surface area contributed by atoms with Crippen molar-refractivity contribution in [3.63, 3.8) is 0 Å². The van der Waals surface area contributed by atoms with Gasteiger partial charge in [0, 0.05) is 13.1 Å². The highest BCUT2D eigenvalue weighted by Crippen LogP contribution is 2.35. The number of fused-ring (bicyclic) bond motifs is 1. The molecule has 1 aromatic rings. The number of ether oxygens (including phenoxy) is 1. The molecular weight excluding hydrogens is 270 g/mol. The van der Waals surface area contributed by atoms with Gasteiger partial charge in [0.25, 0.3) is 0 Å². The number of aromatic nitrogens is 2. The summed E-state index contributed by atoms with van der Waals surface area (Å²) >= 11 is 0. The molecule has 0 aliphatic carbocycles. The molecule has 3 heterocycles. The van der Waals surface area contributed by atoms with Crippen molar-refractivity contribution in [3.05, 3.63) is 6.33 Å². The Morgan fingerprint density at radius 1 is 1.48 bits per heavy atom. The summed E-state index contributed by atoms with van der Waals surface area (Å²) in [7, 11) is 0. The Hall–Kier alpha value is -2.05. The van der Waals surface area contributed by atoms with Gasteiger partial charge in [-0.3, -0.25) is 4.79 Å². The normalized spacial score (nSPS) is 24.9. The third-order valence-electron chi connectivity index (χ3n) is 4.05. The van der Waals surface area contributed by atoms with Gasteiger partial charge in [-0.2, -0.15) is 4.98 Å². The Balaban J connectivity index is 1.91. The molecule has 0 radical (unpaired) electrons. The highest BCUT2D eigenvalue weighted by atomic mass is 16.5. The molecule has 0 spiro atoms. The standard InChI is InChI=1S/C14H21N5O2/c1-8(2)21-14-11(15)12(17-7-18-14)19-5-3-4-9-10(19)6-16-13(9)20/h7-10H,3-6,15H2,1-2H3,(H,16,20). The number of nitrogens with one attached hydrogen (secondary N) is 1. The molecule has 2 fully saturated rings. The molecule has 0 aromatic carbocycles. The summed E-state index contributed by atoms with van der Waals surface area (Å²) < 4.78 is 5.62. The van der Waals surface area contributed by atoms with Gasteiger partial charge in [0.2, 0.25) is 11.8 Å². The SMILES string of the molecule is CC(C)Oc1ncnc(N2CCCC3C(=O)NCC32)c1N. The highest BCUT2D eigenvalue weighted by molar-refractivity contribution is 5.83. The zero-order valence-electron chi connectivity index (χ0n) is 12.4. The fourth-order valence-corrected chi connectivity index (χ4v) is 3.13. The average molecular weight is 291 g/mol. The Morgan fingerprint density at radius 2 is 2.29 bits per heavy atom. The lowest BCUT2D eigenvalue weighted by atomic mass is 9.91. The van der Waals surface area contributed by atoms with E-state index < -0.39 is 0 Å². The van der Waals surface area contributed by atoms with Crippen LogP contribution in [0.3, 0.4) is 0 Å². The molecule has 7 nitrogen and oxygen atoms in total. The second-order valence-corrected chi connectivity index (χ2v) is 5.84. The minimum Gasteiger partial charge on any atom is -0.473 e. The van der Waals surface area contributed by atoms with E-state index in [0.717, 1.165) is 19.4 Å². The predicted molar refractivity (Wildman–Crippen MR) is 79.1 cm³/mol. The Morgan fingerprint density at radius 3 is 3.05 bits per heavy atom.